The summed E-state index contributed by atoms with van der Waals surface area (Å²) in [7, 11) is 3.37. The minimum atomic E-state index is -0.573. The van der Waals surface area contributed by atoms with Gasteiger partial charge in [0, 0.05) is 55.9 Å². The molecular weight excluding hydrogens is 450 g/mol. The van der Waals surface area contributed by atoms with Crippen molar-refractivity contribution in [2.75, 3.05) is 57.5 Å². The Kier molecular flexibility index (Phi) is 8.41. The van der Waals surface area contributed by atoms with Crippen LogP contribution in [0.5, 0.6) is 0 Å². The van der Waals surface area contributed by atoms with E-state index in [0.29, 0.717) is 41.7 Å². The topological polar surface area (TPSA) is 70.2 Å². The Balaban J connectivity index is 1.50. The molecule has 1 aliphatic heterocycles. The molecule has 0 bridgehead atoms. The first kappa shape index (κ1) is 23.9. The van der Waals surface area contributed by atoms with E-state index in [9.17, 15) is 14.4 Å². The van der Waals surface area contributed by atoms with Gasteiger partial charge in [-0.3, -0.25) is 9.59 Å². The van der Waals surface area contributed by atoms with Crippen LogP contribution >= 0.6 is 23.4 Å². The lowest BCUT2D eigenvalue weighted by Gasteiger charge is -2.36. The number of anilines is 1. The van der Waals surface area contributed by atoms with Crippen molar-refractivity contribution < 1.29 is 19.1 Å². The number of hydrogen-bond acceptors (Lipinski definition) is 6. The van der Waals surface area contributed by atoms with Gasteiger partial charge in [-0.25, -0.2) is 4.79 Å². The molecule has 170 valence electrons. The van der Waals surface area contributed by atoms with Gasteiger partial charge < -0.3 is 19.4 Å². The Bertz CT molecular complexity index is 977. The van der Waals surface area contributed by atoms with Crippen LogP contribution in [0.2, 0.25) is 5.02 Å². The average molecular weight is 476 g/mol. The third kappa shape index (κ3) is 6.40. The lowest BCUT2D eigenvalue weighted by Crippen LogP contribution is -2.49. The summed E-state index contributed by atoms with van der Waals surface area (Å²) in [5.41, 5.74) is 1.38. The average Bonchev–Trinajstić information content (AvgIpc) is 2.81. The second-order valence-corrected chi connectivity index (χ2v) is 8.95. The predicted octanol–water partition coefficient (Wildman–Crippen LogP) is 3.03. The number of hydrogen-bond donors (Lipinski definition) is 0. The summed E-state index contributed by atoms with van der Waals surface area (Å²) in [6, 6.07) is 14.6. The normalized spacial score (nSPS) is 13.6. The number of piperazine rings is 1. The highest BCUT2D eigenvalue weighted by Gasteiger charge is 2.23. The van der Waals surface area contributed by atoms with E-state index in [1.807, 2.05) is 24.3 Å². The first-order chi connectivity index (χ1) is 15.3. The lowest BCUT2D eigenvalue weighted by molar-refractivity contribution is -0.134. The zero-order valence-corrected chi connectivity index (χ0v) is 19.7. The minimum absolute atomic E-state index is 0.0507. The Morgan fingerprint density at radius 3 is 2.44 bits per heavy atom. The molecule has 9 heteroatoms. The van der Waals surface area contributed by atoms with E-state index in [0.717, 1.165) is 5.69 Å². The molecule has 0 unspecified atom stereocenters. The van der Waals surface area contributed by atoms with Gasteiger partial charge in [0.2, 0.25) is 5.91 Å². The van der Waals surface area contributed by atoms with E-state index >= 15 is 0 Å². The number of halogens is 1. The standard InChI is InChI=1S/C23H26ClN3O4S/c1-25(2)22(29)16-32-20-9-4-3-8-19(20)23(30)31-15-21(28)27-12-10-26(11-13-27)18-7-5-6-17(24)14-18/h3-9,14H,10-13,15-16H2,1-2H3. The highest BCUT2D eigenvalue weighted by Crippen LogP contribution is 2.24. The summed E-state index contributed by atoms with van der Waals surface area (Å²) in [6.45, 7) is 2.13. The van der Waals surface area contributed by atoms with Crippen LogP contribution in [0, 0.1) is 0 Å². The van der Waals surface area contributed by atoms with Gasteiger partial charge in [-0.15, -0.1) is 11.8 Å². The van der Waals surface area contributed by atoms with E-state index < -0.39 is 5.97 Å². The van der Waals surface area contributed by atoms with Crippen molar-refractivity contribution in [3.63, 3.8) is 0 Å². The van der Waals surface area contributed by atoms with Gasteiger partial charge in [-0.05, 0) is 30.3 Å². The Morgan fingerprint density at radius 2 is 1.75 bits per heavy atom. The maximum absolute atomic E-state index is 12.6. The number of amides is 2. The molecule has 2 amide bonds. The predicted molar refractivity (Wildman–Crippen MR) is 126 cm³/mol. The molecule has 2 aromatic carbocycles. The van der Waals surface area contributed by atoms with Crippen molar-refractivity contribution in [2.24, 2.45) is 0 Å². The van der Waals surface area contributed by atoms with Crippen molar-refractivity contribution in [1.82, 2.24) is 9.80 Å². The van der Waals surface area contributed by atoms with Crippen molar-refractivity contribution in [1.29, 1.82) is 0 Å². The van der Waals surface area contributed by atoms with Gasteiger partial charge in [-0.1, -0.05) is 29.8 Å². The molecule has 1 fully saturated rings. The van der Waals surface area contributed by atoms with Gasteiger partial charge >= 0.3 is 5.97 Å². The molecule has 2 aromatic rings. The Hall–Kier alpha value is -2.71. The van der Waals surface area contributed by atoms with Crippen molar-refractivity contribution in [3.8, 4) is 0 Å². The summed E-state index contributed by atoms with van der Waals surface area (Å²) in [5.74, 6) is -0.633. The molecule has 0 N–H and O–H groups in total. The molecule has 0 saturated carbocycles. The van der Waals surface area contributed by atoms with Crippen LogP contribution in [-0.4, -0.2) is 80.2 Å². The first-order valence-corrected chi connectivity index (χ1v) is 11.6. The van der Waals surface area contributed by atoms with E-state index in [1.165, 1.54) is 16.7 Å². The van der Waals surface area contributed by atoms with Crippen LogP contribution in [0.15, 0.2) is 53.4 Å². The summed E-state index contributed by atoms with van der Waals surface area (Å²) in [6.07, 6.45) is 0. The maximum Gasteiger partial charge on any atom is 0.339 e. The van der Waals surface area contributed by atoms with Crippen LogP contribution in [-0.2, 0) is 14.3 Å². The third-order valence-corrected chi connectivity index (χ3v) is 6.38. The van der Waals surface area contributed by atoms with Crippen LogP contribution < -0.4 is 4.90 Å². The molecule has 1 aliphatic rings. The minimum Gasteiger partial charge on any atom is -0.452 e. The summed E-state index contributed by atoms with van der Waals surface area (Å²) >= 11 is 7.34. The van der Waals surface area contributed by atoms with Gasteiger partial charge in [0.1, 0.15) is 0 Å². The summed E-state index contributed by atoms with van der Waals surface area (Å²) in [5, 5.41) is 0.678. The summed E-state index contributed by atoms with van der Waals surface area (Å²) < 4.78 is 5.30. The second kappa shape index (κ2) is 11.2. The summed E-state index contributed by atoms with van der Waals surface area (Å²) in [4.78, 5) is 43.0. The van der Waals surface area contributed by atoms with E-state index in [4.69, 9.17) is 16.3 Å². The molecule has 0 atom stereocenters. The SMILES string of the molecule is CN(C)C(=O)CSc1ccccc1C(=O)OCC(=O)N1CCN(c2cccc(Cl)c2)CC1. The molecule has 32 heavy (non-hydrogen) atoms. The fourth-order valence-electron chi connectivity index (χ4n) is 3.21. The van der Waals surface area contributed by atoms with E-state index in [2.05, 4.69) is 4.90 Å². The largest absolute Gasteiger partial charge is 0.452 e. The van der Waals surface area contributed by atoms with Gasteiger partial charge in [0.25, 0.3) is 5.91 Å². The van der Waals surface area contributed by atoms with Crippen LogP contribution in [0.4, 0.5) is 5.69 Å². The molecule has 1 heterocycles. The maximum atomic E-state index is 12.6. The smallest absolute Gasteiger partial charge is 0.339 e. The van der Waals surface area contributed by atoms with Crippen LogP contribution in [0.1, 0.15) is 10.4 Å². The number of esters is 1. The Labute approximate surface area is 197 Å². The van der Waals surface area contributed by atoms with E-state index in [-0.39, 0.29) is 24.2 Å². The van der Waals surface area contributed by atoms with Gasteiger partial charge in [0.05, 0.1) is 11.3 Å². The first-order valence-electron chi connectivity index (χ1n) is 10.2. The number of thioether (sulfide) groups is 1. The van der Waals surface area contributed by atoms with Gasteiger partial charge in [0.15, 0.2) is 6.61 Å². The van der Waals surface area contributed by atoms with Gasteiger partial charge in [-0.2, -0.15) is 0 Å². The fraction of sp³-hybridized carbons (Fsp3) is 0.348. The molecule has 0 aromatic heterocycles. The number of carbonyl (C=O) groups excluding carboxylic acids is 3. The molecule has 0 radical (unpaired) electrons. The molecule has 3 rings (SSSR count). The second-order valence-electron chi connectivity index (χ2n) is 7.50. The number of rotatable bonds is 7. The Morgan fingerprint density at radius 1 is 1.03 bits per heavy atom. The molecular formula is C23H26ClN3O4S. The monoisotopic (exact) mass is 475 g/mol. The number of ether oxygens (including phenoxy) is 1. The number of carbonyl (C=O) groups is 3. The van der Waals surface area contributed by atoms with Crippen LogP contribution in [0.3, 0.4) is 0 Å². The zero-order chi connectivity index (χ0) is 23.1. The number of nitrogens with zero attached hydrogens (tertiary/aromatic N) is 3. The van der Waals surface area contributed by atoms with Crippen molar-refractivity contribution in [2.45, 2.75) is 4.90 Å². The van der Waals surface area contributed by atoms with E-state index in [1.54, 1.807) is 43.3 Å². The molecule has 0 spiro atoms. The quantitative estimate of drug-likeness (QED) is 0.453. The molecule has 0 aliphatic carbocycles. The zero-order valence-electron chi connectivity index (χ0n) is 18.1. The lowest BCUT2D eigenvalue weighted by atomic mass is 10.2. The number of benzene rings is 2. The van der Waals surface area contributed by atoms with Crippen molar-refractivity contribution >= 4 is 46.8 Å². The highest BCUT2D eigenvalue weighted by atomic mass is 35.5. The molecule has 7 nitrogen and oxygen atoms in total. The highest BCUT2D eigenvalue weighted by molar-refractivity contribution is 8.00. The molecule has 1 saturated heterocycles. The third-order valence-electron chi connectivity index (χ3n) is 5.09. The fourth-order valence-corrected chi connectivity index (χ4v) is 4.42. The van der Waals surface area contributed by atoms with Crippen molar-refractivity contribution in [3.05, 3.63) is 59.1 Å². The van der Waals surface area contributed by atoms with Crippen LogP contribution in [0.25, 0.3) is 0 Å².